The van der Waals surface area contributed by atoms with Crippen molar-refractivity contribution in [3.8, 4) is 0 Å². The molecule has 1 aromatic rings. The van der Waals surface area contributed by atoms with Gasteiger partial charge in [0.2, 0.25) is 5.91 Å². The molecule has 1 saturated heterocycles. The molecule has 0 spiro atoms. The Bertz CT molecular complexity index is 340. The monoisotopic (exact) mass is 240 g/mol. The summed E-state index contributed by atoms with van der Waals surface area (Å²) in [6.45, 7) is 1.74. The van der Waals surface area contributed by atoms with Gasteiger partial charge in [0, 0.05) is 12.6 Å². The highest BCUT2D eigenvalue weighted by atomic mass is 32.1. The zero-order valence-electron chi connectivity index (χ0n) is 9.23. The maximum Gasteiger partial charge on any atom is 0.227 e. The summed E-state index contributed by atoms with van der Waals surface area (Å²) in [5.41, 5.74) is 1.15. The van der Waals surface area contributed by atoms with Crippen LogP contribution < -0.4 is 10.6 Å². The van der Waals surface area contributed by atoms with E-state index in [0.29, 0.717) is 19.8 Å². The van der Waals surface area contributed by atoms with Crippen LogP contribution in [0.5, 0.6) is 0 Å². The van der Waals surface area contributed by atoms with Crippen molar-refractivity contribution in [1.29, 1.82) is 0 Å². The Kier molecular flexibility index (Phi) is 3.93. The number of rotatable bonds is 4. The van der Waals surface area contributed by atoms with E-state index in [1.807, 2.05) is 23.9 Å². The molecule has 1 fully saturated rings. The van der Waals surface area contributed by atoms with Crippen molar-refractivity contribution < 1.29 is 9.53 Å². The molecule has 2 heterocycles. The predicted octanol–water partition coefficient (Wildman–Crippen LogP) is 0.599. The minimum Gasteiger partial charge on any atom is -0.379 e. The fraction of sp³-hybridized carbons (Fsp3) is 0.545. The van der Waals surface area contributed by atoms with Crippen molar-refractivity contribution >= 4 is 17.2 Å². The molecule has 0 bridgehead atoms. The molecule has 2 rings (SSSR count). The first kappa shape index (κ1) is 11.6. The van der Waals surface area contributed by atoms with Crippen LogP contribution in [-0.4, -0.2) is 32.2 Å². The molecule has 1 aromatic heterocycles. The van der Waals surface area contributed by atoms with Gasteiger partial charge in [-0.2, -0.15) is 11.3 Å². The molecule has 16 heavy (non-hydrogen) atoms. The highest BCUT2D eigenvalue weighted by molar-refractivity contribution is 7.07. The number of nitrogens with one attached hydrogen (secondary N) is 2. The summed E-state index contributed by atoms with van der Waals surface area (Å²) in [5.74, 6) is 0.00619. The summed E-state index contributed by atoms with van der Waals surface area (Å²) in [4.78, 5) is 11.9. The summed E-state index contributed by atoms with van der Waals surface area (Å²) < 4.78 is 5.30. The van der Waals surface area contributed by atoms with Gasteiger partial charge in [-0.25, -0.2) is 0 Å². The van der Waals surface area contributed by atoms with Crippen LogP contribution in [0.2, 0.25) is 0 Å². The molecule has 0 aliphatic carbocycles. The van der Waals surface area contributed by atoms with Crippen molar-refractivity contribution in [2.24, 2.45) is 5.92 Å². The fourth-order valence-corrected chi connectivity index (χ4v) is 2.48. The van der Waals surface area contributed by atoms with Gasteiger partial charge in [-0.15, -0.1) is 0 Å². The number of ether oxygens (including phenoxy) is 1. The van der Waals surface area contributed by atoms with Gasteiger partial charge in [-0.05, 0) is 29.4 Å². The SMILES string of the molecule is CNC1COCC1C(=O)NCc1ccsc1. The normalized spacial score (nSPS) is 24.6. The van der Waals surface area contributed by atoms with E-state index >= 15 is 0 Å². The van der Waals surface area contributed by atoms with Crippen molar-refractivity contribution in [2.75, 3.05) is 20.3 Å². The van der Waals surface area contributed by atoms with E-state index in [9.17, 15) is 4.79 Å². The van der Waals surface area contributed by atoms with Crippen LogP contribution in [0, 0.1) is 5.92 Å². The lowest BCUT2D eigenvalue weighted by Gasteiger charge is -2.16. The van der Waals surface area contributed by atoms with Gasteiger partial charge in [0.1, 0.15) is 0 Å². The molecule has 2 atom stereocenters. The average Bonchev–Trinajstić information content (AvgIpc) is 2.96. The number of amides is 1. The molecule has 4 nitrogen and oxygen atoms in total. The van der Waals surface area contributed by atoms with Crippen molar-refractivity contribution in [3.63, 3.8) is 0 Å². The van der Waals surface area contributed by atoms with Gasteiger partial charge in [0.05, 0.1) is 19.1 Å². The largest absolute Gasteiger partial charge is 0.379 e. The van der Waals surface area contributed by atoms with Crippen molar-refractivity contribution in [3.05, 3.63) is 22.4 Å². The zero-order chi connectivity index (χ0) is 11.4. The van der Waals surface area contributed by atoms with Crippen molar-refractivity contribution in [2.45, 2.75) is 12.6 Å². The molecule has 0 aromatic carbocycles. The summed E-state index contributed by atoms with van der Waals surface area (Å²) in [5, 5.41) is 10.1. The summed E-state index contributed by atoms with van der Waals surface area (Å²) in [6, 6.07) is 2.16. The van der Waals surface area contributed by atoms with Crippen LogP contribution in [0.15, 0.2) is 16.8 Å². The lowest BCUT2D eigenvalue weighted by atomic mass is 10.0. The molecular formula is C11H16N2O2S. The van der Waals surface area contributed by atoms with Crippen LogP contribution in [0.1, 0.15) is 5.56 Å². The van der Waals surface area contributed by atoms with Crippen LogP contribution in [0.25, 0.3) is 0 Å². The topological polar surface area (TPSA) is 50.4 Å². The lowest BCUT2D eigenvalue weighted by Crippen LogP contribution is -2.42. The summed E-state index contributed by atoms with van der Waals surface area (Å²) in [7, 11) is 1.86. The molecule has 1 aliphatic rings. The highest BCUT2D eigenvalue weighted by Gasteiger charge is 2.32. The Balaban J connectivity index is 1.83. The van der Waals surface area contributed by atoms with Gasteiger partial charge < -0.3 is 15.4 Å². The van der Waals surface area contributed by atoms with Gasteiger partial charge in [-0.1, -0.05) is 0 Å². The second-order valence-electron chi connectivity index (χ2n) is 3.89. The lowest BCUT2D eigenvalue weighted by molar-refractivity contribution is -0.125. The first-order valence-electron chi connectivity index (χ1n) is 5.35. The quantitative estimate of drug-likeness (QED) is 0.810. The predicted molar refractivity (Wildman–Crippen MR) is 63.3 cm³/mol. The van der Waals surface area contributed by atoms with Gasteiger partial charge in [0.15, 0.2) is 0 Å². The number of likely N-dealkylation sites (N-methyl/N-ethyl adjacent to an activating group) is 1. The molecule has 5 heteroatoms. The van der Waals surface area contributed by atoms with Gasteiger partial charge in [0.25, 0.3) is 0 Å². The number of carbonyl (C=O) groups is 1. The van der Waals surface area contributed by atoms with E-state index in [2.05, 4.69) is 10.6 Å². The van der Waals surface area contributed by atoms with E-state index in [1.54, 1.807) is 11.3 Å². The van der Waals surface area contributed by atoms with Crippen LogP contribution >= 0.6 is 11.3 Å². The molecular weight excluding hydrogens is 224 g/mol. The molecule has 2 unspecified atom stereocenters. The van der Waals surface area contributed by atoms with E-state index in [1.165, 1.54) is 0 Å². The Morgan fingerprint density at radius 3 is 3.19 bits per heavy atom. The second-order valence-corrected chi connectivity index (χ2v) is 4.67. The highest BCUT2D eigenvalue weighted by Crippen LogP contribution is 2.14. The number of carbonyl (C=O) groups excluding carboxylic acids is 1. The fourth-order valence-electron chi connectivity index (χ4n) is 1.81. The second kappa shape index (κ2) is 5.43. The standard InChI is InChI=1S/C11H16N2O2S/c1-12-10-6-15-5-9(10)11(14)13-4-8-2-3-16-7-8/h2-3,7,9-10,12H,4-6H2,1H3,(H,13,14). The van der Waals surface area contributed by atoms with Crippen molar-refractivity contribution in [1.82, 2.24) is 10.6 Å². The number of hydrogen-bond acceptors (Lipinski definition) is 4. The molecule has 88 valence electrons. The maximum atomic E-state index is 11.9. The third-order valence-corrected chi connectivity index (χ3v) is 3.57. The minimum absolute atomic E-state index is 0.0661. The number of thiophene rings is 1. The van der Waals surface area contributed by atoms with E-state index in [-0.39, 0.29) is 17.9 Å². The summed E-state index contributed by atoms with van der Waals surface area (Å²) >= 11 is 1.64. The first-order valence-corrected chi connectivity index (χ1v) is 6.29. The van der Waals surface area contributed by atoms with E-state index < -0.39 is 0 Å². The molecule has 1 aliphatic heterocycles. The molecule has 2 N–H and O–H groups in total. The smallest absolute Gasteiger partial charge is 0.227 e. The third kappa shape index (κ3) is 2.61. The van der Waals surface area contributed by atoms with Gasteiger partial charge >= 0.3 is 0 Å². The molecule has 1 amide bonds. The van der Waals surface area contributed by atoms with E-state index in [0.717, 1.165) is 5.56 Å². The Labute approximate surface area is 99.0 Å². The Morgan fingerprint density at radius 1 is 1.62 bits per heavy atom. The zero-order valence-corrected chi connectivity index (χ0v) is 10.0. The Hall–Kier alpha value is -0.910. The summed E-state index contributed by atoms with van der Waals surface area (Å²) in [6.07, 6.45) is 0. The first-order chi connectivity index (χ1) is 7.81. The molecule has 0 radical (unpaired) electrons. The Morgan fingerprint density at radius 2 is 2.50 bits per heavy atom. The minimum atomic E-state index is -0.0661. The number of hydrogen-bond donors (Lipinski definition) is 2. The third-order valence-electron chi connectivity index (χ3n) is 2.83. The average molecular weight is 240 g/mol. The molecule has 0 saturated carbocycles. The van der Waals surface area contributed by atoms with E-state index in [4.69, 9.17) is 4.74 Å². The van der Waals surface area contributed by atoms with Crippen LogP contribution in [-0.2, 0) is 16.1 Å². The maximum absolute atomic E-state index is 11.9. The van der Waals surface area contributed by atoms with Crippen LogP contribution in [0.3, 0.4) is 0 Å². The van der Waals surface area contributed by atoms with Crippen LogP contribution in [0.4, 0.5) is 0 Å². The van der Waals surface area contributed by atoms with Gasteiger partial charge in [-0.3, -0.25) is 4.79 Å².